The van der Waals surface area contributed by atoms with Crippen molar-refractivity contribution in [1.29, 1.82) is 0 Å². The van der Waals surface area contributed by atoms with Crippen LogP contribution in [0.1, 0.15) is 0 Å². The Morgan fingerprint density at radius 1 is 1.38 bits per heavy atom. The van der Waals surface area contributed by atoms with Crippen LogP contribution in [0.5, 0.6) is 0 Å². The van der Waals surface area contributed by atoms with E-state index in [1.165, 1.54) is 17.5 Å². The first-order valence-corrected chi connectivity index (χ1v) is 3.26. The normalized spacial score (nSPS) is 26.8. The van der Waals surface area contributed by atoms with Crippen LogP contribution in [0.15, 0.2) is 23.4 Å². The van der Waals surface area contributed by atoms with Crippen molar-refractivity contribution in [2.45, 2.75) is 0 Å². The van der Waals surface area contributed by atoms with Crippen LogP contribution in [0.25, 0.3) is 0 Å². The molecule has 0 spiro atoms. The highest BCUT2D eigenvalue weighted by molar-refractivity contribution is 8.14. The van der Waals surface area contributed by atoms with Crippen molar-refractivity contribution in [2.24, 2.45) is 0 Å². The fourth-order valence-corrected chi connectivity index (χ4v) is 0.943. The molecule has 0 bridgehead atoms. The summed E-state index contributed by atoms with van der Waals surface area (Å²) in [6.45, 7) is 0. The molecule has 8 heavy (non-hydrogen) atoms. The van der Waals surface area contributed by atoms with E-state index in [9.17, 15) is 8.28 Å². The molecule has 0 aliphatic carbocycles. The van der Waals surface area contributed by atoms with Crippen molar-refractivity contribution in [1.82, 2.24) is 0 Å². The Morgan fingerprint density at radius 2 is 2.12 bits per heavy atom. The lowest BCUT2D eigenvalue weighted by molar-refractivity contribution is 0.689. The van der Waals surface area contributed by atoms with Gasteiger partial charge in [0, 0.05) is 0 Å². The molecule has 0 N–H and O–H groups in total. The SMILES string of the molecule is FC1=CC=CC=S1F. The molecule has 0 amide bonds. The molecule has 0 aromatic rings. The molecule has 0 radical (unpaired) electrons. The van der Waals surface area contributed by atoms with E-state index in [1.54, 1.807) is 0 Å². The maximum absolute atomic E-state index is 12.1. The van der Waals surface area contributed by atoms with Crippen molar-refractivity contribution < 1.29 is 8.28 Å². The van der Waals surface area contributed by atoms with Crippen molar-refractivity contribution in [2.75, 3.05) is 0 Å². The molecule has 0 aromatic carbocycles. The molecule has 0 saturated carbocycles. The summed E-state index contributed by atoms with van der Waals surface area (Å²) in [4.78, 5) is 0. The van der Waals surface area contributed by atoms with Gasteiger partial charge in [0.05, 0.1) is 10.9 Å². The molecule has 1 rings (SSSR count). The highest BCUT2D eigenvalue weighted by atomic mass is 32.2. The third kappa shape index (κ3) is 1.04. The summed E-state index contributed by atoms with van der Waals surface area (Å²) < 4.78 is 24.0. The Hall–Kier alpha value is -0.440. The van der Waals surface area contributed by atoms with Gasteiger partial charge in [-0.3, -0.25) is 0 Å². The van der Waals surface area contributed by atoms with Crippen LogP contribution in [-0.4, -0.2) is 5.37 Å². The number of hydrogen-bond acceptors (Lipinski definition) is 0. The highest BCUT2D eigenvalue weighted by Gasteiger charge is 1.99. The predicted octanol–water partition coefficient (Wildman–Crippen LogP) is 2.32. The fourth-order valence-electron chi connectivity index (χ4n) is 0.376. The lowest BCUT2D eigenvalue weighted by Gasteiger charge is -1.93. The molecular weight excluding hydrogens is 130 g/mol. The predicted molar refractivity (Wildman–Crippen MR) is 33.1 cm³/mol. The van der Waals surface area contributed by atoms with Gasteiger partial charge < -0.3 is 0 Å². The zero-order valence-corrected chi connectivity index (χ0v) is 4.79. The van der Waals surface area contributed by atoms with E-state index in [-0.39, 0.29) is 0 Å². The Morgan fingerprint density at radius 3 is 2.50 bits per heavy atom. The molecule has 3 heteroatoms. The van der Waals surface area contributed by atoms with Gasteiger partial charge in [0.15, 0.2) is 5.16 Å². The molecule has 1 aliphatic rings. The van der Waals surface area contributed by atoms with Gasteiger partial charge in [0.25, 0.3) is 0 Å². The molecule has 1 unspecified atom stereocenters. The number of hydrogen-bond donors (Lipinski definition) is 0. The second-order valence-corrected chi connectivity index (χ2v) is 2.51. The first-order valence-electron chi connectivity index (χ1n) is 2.07. The van der Waals surface area contributed by atoms with Crippen LogP contribution in [0, 0.1) is 0 Å². The minimum atomic E-state index is -1.75. The van der Waals surface area contributed by atoms with Gasteiger partial charge in [-0.1, -0.05) is 12.2 Å². The van der Waals surface area contributed by atoms with Gasteiger partial charge in [0.1, 0.15) is 0 Å². The molecular formula is C5H4F2S. The summed E-state index contributed by atoms with van der Waals surface area (Å²) in [5, 5.41) is 0.502. The van der Waals surface area contributed by atoms with E-state index < -0.39 is 16.0 Å². The van der Waals surface area contributed by atoms with Crippen molar-refractivity contribution in [3.8, 4) is 0 Å². The molecule has 0 aromatic heterocycles. The third-order valence-corrected chi connectivity index (χ3v) is 1.63. The maximum Gasteiger partial charge on any atom is 0.180 e. The van der Waals surface area contributed by atoms with Gasteiger partial charge in [-0.2, -0.15) is 8.28 Å². The summed E-state index contributed by atoms with van der Waals surface area (Å²) in [5.41, 5.74) is 0. The van der Waals surface area contributed by atoms with Crippen LogP contribution in [-0.2, 0) is 0 Å². The summed E-state index contributed by atoms with van der Waals surface area (Å²) in [5.74, 6) is 0. The van der Waals surface area contributed by atoms with Gasteiger partial charge in [-0.15, -0.1) is 0 Å². The average molecular weight is 134 g/mol. The van der Waals surface area contributed by atoms with Crippen LogP contribution in [0.4, 0.5) is 8.28 Å². The smallest absolute Gasteiger partial charge is 0.180 e. The quantitative estimate of drug-likeness (QED) is 0.446. The van der Waals surface area contributed by atoms with Gasteiger partial charge >= 0.3 is 0 Å². The van der Waals surface area contributed by atoms with E-state index in [0.717, 1.165) is 6.08 Å². The van der Waals surface area contributed by atoms with Crippen LogP contribution in [0.3, 0.4) is 0 Å². The summed E-state index contributed by atoms with van der Waals surface area (Å²) in [6, 6.07) is 0. The topological polar surface area (TPSA) is 0 Å². The van der Waals surface area contributed by atoms with Gasteiger partial charge in [-0.05, 0) is 11.4 Å². The lowest BCUT2D eigenvalue weighted by Crippen LogP contribution is -1.72. The average Bonchev–Trinajstić information content (AvgIpc) is 1.77. The van der Waals surface area contributed by atoms with E-state index in [2.05, 4.69) is 0 Å². The minimum Gasteiger partial charge on any atom is -0.197 e. The summed E-state index contributed by atoms with van der Waals surface area (Å²) in [6.07, 6.45) is 4.09. The lowest BCUT2D eigenvalue weighted by atomic mass is 10.5. The molecule has 1 heterocycles. The standard InChI is InChI=1S/C5H4F2S/c6-5-3-1-2-4-8(5)7/h1-4H. The van der Waals surface area contributed by atoms with Crippen LogP contribution < -0.4 is 0 Å². The van der Waals surface area contributed by atoms with Crippen molar-refractivity contribution >= 4 is 16.2 Å². The molecule has 0 nitrogen and oxygen atoms in total. The third-order valence-electron chi connectivity index (χ3n) is 0.723. The van der Waals surface area contributed by atoms with E-state index >= 15 is 0 Å². The monoisotopic (exact) mass is 134 g/mol. The first kappa shape index (κ1) is 5.69. The summed E-state index contributed by atoms with van der Waals surface area (Å²) >= 11 is 0. The number of allylic oxidation sites excluding steroid dienone is 3. The van der Waals surface area contributed by atoms with E-state index in [0.29, 0.717) is 0 Å². The fraction of sp³-hybridized carbons (Fsp3) is 0. The van der Waals surface area contributed by atoms with Gasteiger partial charge in [-0.25, -0.2) is 0 Å². The van der Waals surface area contributed by atoms with E-state index in [1.807, 2.05) is 0 Å². The Balaban J connectivity index is 2.93. The Bertz CT molecular complexity index is 159. The molecule has 1 atom stereocenters. The Kier molecular flexibility index (Phi) is 1.58. The molecule has 1 aliphatic heterocycles. The van der Waals surface area contributed by atoms with Crippen molar-refractivity contribution in [3.05, 3.63) is 23.4 Å². The zero-order chi connectivity index (χ0) is 5.98. The van der Waals surface area contributed by atoms with Gasteiger partial charge in [0.2, 0.25) is 0 Å². The number of halogens is 2. The summed E-state index contributed by atoms with van der Waals surface area (Å²) in [7, 11) is -1.75. The van der Waals surface area contributed by atoms with Crippen molar-refractivity contribution in [3.63, 3.8) is 0 Å². The number of rotatable bonds is 0. The molecule has 0 saturated heterocycles. The second kappa shape index (κ2) is 2.22. The highest BCUT2D eigenvalue weighted by Crippen LogP contribution is 2.28. The Labute approximate surface area is 48.7 Å². The largest absolute Gasteiger partial charge is 0.197 e. The maximum atomic E-state index is 12.1. The second-order valence-electron chi connectivity index (χ2n) is 1.28. The van der Waals surface area contributed by atoms with Crippen LogP contribution in [0.2, 0.25) is 0 Å². The van der Waals surface area contributed by atoms with E-state index in [4.69, 9.17) is 0 Å². The first-order chi connectivity index (χ1) is 3.80. The zero-order valence-electron chi connectivity index (χ0n) is 3.97. The molecule has 0 fully saturated rings. The van der Waals surface area contributed by atoms with Crippen LogP contribution >= 0.6 is 10.9 Å². The molecule has 44 valence electrons. The minimum absolute atomic E-state index is 0.687.